The van der Waals surface area contributed by atoms with Gasteiger partial charge in [0.25, 0.3) is 0 Å². The van der Waals surface area contributed by atoms with Gasteiger partial charge in [0.1, 0.15) is 11.6 Å². The Kier molecular flexibility index (Phi) is 3.12. The molecule has 0 radical (unpaired) electrons. The van der Waals surface area contributed by atoms with Crippen molar-refractivity contribution in [2.24, 2.45) is 0 Å². The Morgan fingerprint density at radius 1 is 1.59 bits per heavy atom. The molecule has 0 aliphatic heterocycles. The van der Waals surface area contributed by atoms with E-state index in [1.54, 1.807) is 13.0 Å². The van der Waals surface area contributed by atoms with E-state index in [4.69, 9.17) is 0 Å². The Morgan fingerprint density at radius 2 is 2.35 bits per heavy atom. The molecule has 2 aromatic rings. The highest BCUT2D eigenvalue weighted by Gasteiger charge is 2.08. The van der Waals surface area contributed by atoms with Crippen molar-refractivity contribution >= 4 is 11.5 Å². The van der Waals surface area contributed by atoms with E-state index in [0.717, 1.165) is 18.7 Å². The van der Waals surface area contributed by atoms with Gasteiger partial charge in [0.05, 0.1) is 0 Å². The summed E-state index contributed by atoms with van der Waals surface area (Å²) in [4.78, 5) is 15.8. The first-order chi connectivity index (χ1) is 8.11. The zero-order valence-electron chi connectivity index (χ0n) is 10.3. The van der Waals surface area contributed by atoms with Gasteiger partial charge < -0.3 is 5.32 Å². The van der Waals surface area contributed by atoms with Crippen LogP contribution in [0.4, 0.5) is 5.82 Å². The summed E-state index contributed by atoms with van der Waals surface area (Å²) in [5, 5.41) is 9.66. The maximum absolute atomic E-state index is 11.4. The summed E-state index contributed by atoms with van der Waals surface area (Å²) in [5.41, 5.74) is 0.340. The van der Waals surface area contributed by atoms with Crippen molar-refractivity contribution in [3.63, 3.8) is 0 Å². The number of aryl methyl sites for hydroxylation is 1. The maximum Gasteiger partial charge on any atom is 0.349 e. The van der Waals surface area contributed by atoms with Crippen molar-refractivity contribution in [1.82, 2.24) is 19.6 Å². The smallest absolute Gasteiger partial charge is 0.349 e. The molecule has 0 bridgehead atoms. The summed E-state index contributed by atoms with van der Waals surface area (Å²) in [5.74, 6) is 1.39. The molecule has 1 atom stereocenters. The predicted molar refractivity (Wildman–Crippen MR) is 66.3 cm³/mol. The minimum absolute atomic E-state index is 0.252. The highest BCUT2D eigenvalue weighted by atomic mass is 16.1. The summed E-state index contributed by atoms with van der Waals surface area (Å²) in [6.07, 6.45) is 2.20. The monoisotopic (exact) mass is 235 g/mol. The zero-order valence-corrected chi connectivity index (χ0v) is 10.3. The second-order valence-corrected chi connectivity index (χ2v) is 4.25. The van der Waals surface area contributed by atoms with Gasteiger partial charge in [0.15, 0.2) is 5.65 Å². The van der Waals surface area contributed by atoms with Crippen LogP contribution in [0.2, 0.25) is 0 Å². The lowest BCUT2D eigenvalue weighted by atomic mass is 10.2. The summed E-state index contributed by atoms with van der Waals surface area (Å²) < 4.78 is 1.45. The Morgan fingerprint density at radius 3 is 3.06 bits per heavy atom. The third kappa shape index (κ3) is 2.30. The van der Waals surface area contributed by atoms with Crippen LogP contribution in [0.3, 0.4) is 0 Å². The molecule has 6 heteroatoms. The van der Waals surface area contributed by atoms with Gasteiger partial charge in [-0.3, -0.25) is 0 Å². The first kappa shape index (κ1) is 11.6. The highest BCUT2D eigenvalue weighted by Crippen LogP contribution is 2.10. The number of hydrogen-bond donors (Lipinski definition) is 2. The predicted octanol–water partition coefficient (Wildman–Crippen LogP) is 1.33. The van der Waals surface area contributed by atoms with E-state index < -0.39 is 0 Å². The summed E-state index contributed by atoms with van der Waals surface area (Å²) in [6.45, 7) is 6.05. The molecule has 0 aromatic carbocycles. The van der Waals surface area contributed by atoms with Crippen LogP contribution in [-0.4, -0.2) is 25.6 Å². The van der Waals surface area contributed by atoms with E-state index in [1.807, 2.05) is 0 Å². The van der Waals surface area contributed by atoms with Gasteiger partial charge in [-0.2, -0.15) is 5.10 Å². The molecule has 6 nitrogen and oxygen atoms in total. The normalized spacial score (nSPS) is 12.9. The van der Waals surface area contributed by atoms with Gasteiger partial charge >= 0.3 is 5.69 Å². The van der Waals surface area contributed by atoms with Gasteiger partial charge in [0, 0.05) is 12.1 Å². The van der Waals surface area contributed by atoms with Crippen molar-refractivity contribution in [1.29, 1.82) is 0 Å². The van der Waals surface area contributed by atoms with Crippen molar-refractivity contribution in [3.05, 3.63) is 22.4 Å². The Hall–Kier alpha value is -1.85. The number of aromatic amines is 1. The number of fused-ring (bicyclic) bond motifs is 1. The fraction of sp³-hybridized carbons (Fsp3) is 0.545. The third-order valence-corrected chi connectivity index (χ3v) is 2.69. The summed E-state index contributed by atoms with van der Waals surface area (Å²) >= 11 is 0. The van der Waals surface area contributed by atoms with Crippen LogP contribution in [0.25, 0.3) is 5.65 Å². The molecule has 17 heavy (non-hydrogen) atoms. The van der Waals surface area contributed by atoms with E-state index in [2.05, 4.69) is 34.3 Å². The molecule has 0 fully saturated rings. The van der Waals surface area contributed by atoms with Crippen LogP contribution in [-0.2, 0) is 0 Å². The van der Waals surface area contributed by atoms with Crippen LogP contribution in [0.15, 0.2) is 10.9 Å². The number of H-pyrrole nitrogens is 1. The fourth-order valence-electron chi connectivity index (χ4n) is 1.93. The van der Waals surface area contributed by atoms with Crippen LogP contribution >= 0.6 is 0 Å². The van der Waals surface area contributed by atoms with E-state index in [1.165, 1.54) is 4.40 Å². The summed E-state index contributed by atoms with van der Waals surface area (Å²) in [7, 11) is 0. The Bertz CT molecular complexity index is 571. The molecule has 2 N–H and O–H groups in total. The molecular formula is C11H17N5O. The van der Waals surface area contributed by atoms with E-state index in [0.29, 0.717) is 17.5 Å². The van der Waals surface area contributed by atoms with E-state index >= 15 is 0 Å². The fourth-order valence-corrected chi connectivity index (χ4v) is 1.93. The van der Waals surface area contributed by atoms with Gasteiger partial charge in [-0.1, -0.05) is 13.3 Å². The lowest BCUT2D eigenvalue weighted by Gasteiger charge is -2.13. The molecule has 0 spiro atoms. The molecule has 2 rings (SSSR count). The first-order valence-electron chi connectivity index (χ1n) is 5.83. The van der Waals surface area contributed by atoms with Gasteiger partial charge in [0.2, 0.25) is 0 Å². The van der Waals surface area contributed by atoms with Crippen molar-refractivity contribution in [3.8, 4) is 0 Å². The standard InChI is InChI=1S/C11H17N5O/c1-4-5-7(2)12-9-6-10-14-15-11(17)16(10)8(3)13-9/h6-7,12H,4-5H2,1-3H3,(H,15,17). The number of aromatic nitrogens is 4. The molecule has 0 saturated carbocycles. The number of nitrogens with zero attached hydrogens (tertiary/aromatic N) is 3. The number of anilines is 1. The molecule has 1 unspecified atom stereocenters. The van der Waals surface area contributed by atoms with E-state index in [-0.39, 0.29) is 5.69 Å². The molecular weight excluding hydrogens is 218 g/mol. The number of hydrogen-bond acceptors (Lipinski definition) is 4. The molecule has 0 aliphatic rings. The molecule has 2 heterocycles. The molecule has 0 saturated heterocycles. The lowest BCUT2D eigenvalue weighted by molar-refractivity contribution is 0.686. The second-order valence-electron chi connectivity index (χ2n) is 4.25. The van der Waals surface area contributed by atoms with Crippen molar-refractivity contribution in [2.45, 2.75) is 39.7 Å². The molecule has 2 aromatic heterocycles. The SMILES string of the molecule is CCCC(C)Nc1cc2n[nH]c(=O)n2c(C)n1. The van der Waals surface area contributed by atoms with Crippen LogP contribution in [0.5, 0.6) is 0 Å². The summed E-state index contributed by atoms with van der Waals surface area (Å²) in [6, 6.07) is 2.14. The highest BCUT2D eigenvalue weighted by molar-refractivity contribution is 5.49. The molecule has 92 valence electrons. The average molecular weight is 235 g/mol. The van der Waals surface area contributed by atoms with E-state index in [9.17, 15) is 4.79 Å². The number of rotatable bonds is 4. The molecule has 0 aliphatic carbocycles. The second kappa shape index (κ2) is 4.57. The molecule has 0 amide bonds. The van der Waals surface area contributed by atoms with Crippen LogP contribution < -0.4 is 11.0 Å². The van der Waals surface area contributed by atoms with Gasteiger partial charge in [-0.25, -0.2) is 19.3 Å². The van der Waals surface area contributed by atoms with Gasteiger partial charge in [-0.05, 0) is 20.3 Å². The van der Waals surface area contributed by atoms with Crippen LogP contribution in [0.1, 0.15) is 32.5 Å². The zero-order chi connectivity index (χ0) is 12.4. The average Bonchev–Trinajstić information content (AvgIpc) is 2.60. The maximum atomic E-state index is 11.4. The quantitative estimate of drug-likeness (QED) is 0.838. The third-order valence-electron chi connectivity index (χ3n) is 2.69. The largest absolute Gasteiger partial charge is 0.367 e. The van der Waals surface area contributed by atoms with Crippen LogP contribution in [0, 0.1) is 6.92 Å². The topological polar surface area (TPSA) is 75.1 Å². The minimum atomic E-state index is -0.252. The van der Waals surface area contributed by atoms with Crippen molar-refractivity contribution in [2.75, 3.05) is 5.32 Å². The first-order valence-corrected chi connectivity index (χ1v) is 5.83. The number of nitrogens with one attached hydrogen (secondary N) is 2. The van der Waals surface area contributed by atoms with Crippen molar-refractivity contribution < 1.29 is 0 Å². The minimum Gasteiger partial charge on any atom is -0.367 e. The Labute approximate surface area is 99.1 Å². The lowest BCUT2D eigenvalue weighted by Crippen LogP contribution is -2.18. The Balaban J connectivity index is 2.34. The van der Waals surface area contributed by atoms with Gasteiger partial charge in [-0.15, -0.1) is 0 Å².